The number of benzene rings is 1. The second-order valence-electron chi connectivity index (χ2n) is 6.17. The molecule has 2 aliphatic carbocycles. The molecule has 110 valence electrons. The number of fused-ring (bicyclic) bond motifs is 1. The molecule has 3 heteroatoms. The minimum Gasteiger partial charge on any atom is -0.389 e. The Kier molecular flexibility index (Phi) is 4.58. The summed E-state index contributed by atoms with van der Waals surface area (Å²) in [7, 11) is 0. The van der Waals surface area contributed by atoms with Gasteiger partial charge in [0.05, 0.1) is 12.7 Å². The predicted molar refractivity (Wildman–Crippen MR) is 81.1 cm³/mol. The van der Waals surface area contributed by atoms with E-state index >= 15 is 0 Å². The summed E-state index contributed by atoms with van der Waals surface area (Å²) >= 11 is 0. The fraction of sp³-hybridized carbons (Fsp3) is 0.647. The Hall–Kier alpha value is -1.06. The van der Waals surface area contributed by atoms with Gasteiger partial charge in [0.25, 0.3) is 0 Å². The highest BCUT2D eigenvalue weighted by atomic mass is 16.5. The molecule has 1 aromatic rings. The number of aliphatic hydroxyl groups excluding tert-OH is 1. The summed E-state index contributed by atoms with van der Waals surface area (Å²) in [6.07, 6.45) is 7.10. The van der Waals surface area contributed by atoms with Gasteiger partial charge in [-0.3, -0.25) is 0 Å². The Morgan fingerprint density at radius 3 is 2.95 bits per heavy atom. The molecule has 0 spiro atoms. The molecule has 0 bridgehead atoms. The van der Waals surface area contributed by atoms with Crippen LogP contribution in [0.25, 0.3) is 0 Å². The van der Waals surface area contributed by atoms with Gasteiger partial charge in [-0.25, -0.2) is 0 Å². The first-order valence-electron chi connectivity index (χ1n) is 7.93. The van der Waals surface area contributed by atoms with Crippen LogP contribution in [0.3, 0.4) is 0 Å². The number of ether oxygens (including phenoxy) is 1. The van der Waals surface area contributed by atoms with Crippen molar-refractivity contribution in [1.29, 1.82) is 0 Å². The molecule has 0 aromatic heterocycles. The Balaban J connectivity index is 1.47. The molecule has 1 aromatic carbocycles. The number of aliphatic hydroxyl groups is 1. The van der Waals surface area contributed by atoms with Crippen LogP contribution in [0.4, 0.5) is 5.69 Å². The molecular weight excluding hydrogens is 250 g/mol. The number of aryl methyl sites for hydroxylation is 1. The molecule has 1 fully saturated rings. The third kappa shape index (κ3) is 3.74. The van der Waals surface area contributed by atoms with Crippen molar-refractivity contribution in [2.24, 2.45) is 5.92 Å². The van der Waals surface area contributed by atoms with Crippen molar-refractivity contribution in [2.45, 2.75) is 44.6 Å². The highest BCUT2D eigenvalue weighted by molar-refractivity contribution is 5.55. The van der Waals surface area contributed by atoms with Crippen LogP contribution in [0.5, 0.6) is 0 Å². The third-order valence-electron chi connectivity index (χ3n) is 4.28. The fourth-order valence-corrected chi connectivity index (χ4v) is 2.89. The monoisotopic (exact) mass is 275 g/mol. The topological polar surface area (TPSA) is 41.5 Å². The van der Waals surface area contributed by atoms with Crippen molar-refractivity contribution in [1.82, 2.24) is 0 Å². The summed E-state index contributed by atoms with van der Waals surface area (Å²) in [6.45, 7) is 1.83. The molecule has 0 radical (unpaired) electrons. The summed E-state index contributed by atoms with van der Waals surface area (Å²) in [5.41, 5.74) is 4.12. The largest absolute Gasteiger partial charge is 0.389 e. The molecule has 20 heavy (non-hydrogen) atoms. The third-order valence-corrected chi connectivity index (χ3v) is 4.28. The SMILES string of the molecule is OC(CNc1cccc2c1CCCC2)COCC1CC1. The summed E-state index contributed by atoms with van der Waals surface area (Å²) < 4.78 is 5.53. The van der Waals surface area contributed by atoms with Crippen molar-refractivity contribution >= 4 is 5.69 Å². The van der Waals surface area contributed by atoms with Gasteiger partial charge in [0.1, 0.15) is 0 Å². The molecule has 3 rings (SSSR count). The predicted octanol–water partition coefficient (Wildman–Crippen LogP) is 2.76. The van der Waals surface area contributed by atoms with E-state index in [1.54, 1.807) is 0 Å². The van der Waals surface area contributed by atoms with E-state index in [9.17, 15) is 5.11 Å². The van der Waals surface area contributed by atoms with Crippen LogP contribution in [0.15, 0.2) is 18.2 Å². The van der Waals surface area contributed by atoms with E-state index in [1.165, 1.54) is 48.9 Å². The minimum atomic E-state index is -0.423. The molecule has 1 unspecified atom stereocenters. The van der Waals surface area contributed by atoms with E-state index in [4.69, 9.17) is 4.74 Å². The van der Waals surface area contributed by atoms with E-state index in [1.807, 2.05) is 0 Å². The number of anilines is 1. The molecule has 0 amide bonds. The molecule has 0 heterocycles. The lowest BCUT2D eigenvalue weighted by Gasteiger charge is -2.21. The van der Waals surface area contributed by atoms with Crippen LogP contribution in [0.2, 0.25) is 0 Å². The standard InChI is InChI=1S/C17H25NO2/c19-15(12-20-11-13-8-9-13)10-18-17-7-3-5-14-4-1-2-6-16(14)17/h3,5,7,13,15,18-19H,1-2,4,6,8-12H2. The maximum Gasteiger partial charge on any atom is 0.0945 e. The fourth-order valence-electron chi connectivity index (χ4n) is 2.89. The Morgan fingerprint density at radius 2 is 2.10 bits per heavy atom. The average molecular weight is 275 g/mol. The van der Waals surface area contributed by atoms with Crippen molar-refractivity contribution in [3.63, 3.8) is 0 Å². The van der Waals surface area contributed by atoms with E-state index in [-0.39, 0.29) is 0 Å². The first-order chi connectivity index (χ1) is 9.83. The van der Waals surface area contributed by atoms with Gasteiger partial charge in [-0.05, 0) is 61.6 Å². The van der Waals surface area contributed by atoms with Gasteiger partial charge in [0.2, 0.25) is 0 Å². The second-order valence-corrected chi connectivity index (χ2v) is 6.17. The van der Waals surface area contributed by atoms with E-state index in [2.05, 4.69) is 23.5 Å². The van der Waals surface area contributed by atoms with Crippen LogP contribution >= 0.6 is 0 Å². The summed E-state index contributed by atoms with van der Waals surface area (Å²) in [6, 6.07) is 6.47. The molecule has 3 nitrogen and oxygen atoms in total. The molecule has 1 saturated carbocycles. The van der Waals surface area contributed by atoms with Gasteiger partial charge in [-0.1, -0.05) is 12.1 Å². The smallest absolute Gasteiger partial charge is 0.0945 e. The van der Waals surface area contributed by atoms with Crippen LogP contribution in [0, 0.1) is 5.92 Å². The van der Waals surface area contributed by atoms with E-state index < -0.39 is 6.10 Å². The molecule has 2 N–H and O–H groups in total. The normalized spacial score (nSPS) is 19.4. The molecule has 1 atom stereocenters. The second kappa shape index (κ2) is 6.59. The van der Waals surface area contributed by atoms with Crippen molar-refractivity contribution < 1.29 is 9.84 Å². The maximum atomic E-state index is 9.96. The van der Waals surface area contributed by atoms with E-state index in [0.29, 0.717) is 13.2 Å². The van der Waals surface area contributed by atoms with Crippen LogP contribution in [-0.4, -0.2) is 31.0 Å². The van der Waals surface area contributed by atoms with Crippen molar-refractivity contribution in [2.75, 3.05) is 25.1 Å². The summed E-state index contributed by atoms with van der Waals surface area (Å²) in [5.74, 6) is 0.760. The first-order valence-corrected chi connectivity index (χ1v) is 7.93. The van der Waals surface area contributed by atoms with Crippen molar-refractivity contribution in [3.05, 3.63) is 29.3 Å². The maximum absolute atomic E-state index is 9.96. The zero-order chi connectivity index (χ0) is 13.8. The zero-order valence-corrected chi connectivity index (χ0v) is 12.1. The van der Waals surface area contributed by atoms with Crippen molar-refractivity contribution in [3.8, 4) is 0 Å². The Bertz CT molecular complexity index is 443. The lowest BCUT2D eigenvalue weighted by Crippen LogP contribution is -2.26. The molecule has 2 aliphatic rings. The molecule has 0 aliphatic heterocycles. The summed E-state index contributed by atoms with van der Waals surface area (Å²) in [4.78, 5) is 0. The van der Waals surface area contributed by atoms with Gasteiger partial charge < -0.3 is 15.2 Å². The van der Waals surface area contributed by atoms with Crippen LogP contribution in [0.1, 0.15) is 36.8 Å². The van der Waals surface area contributed by atoms with E-state index in [0.717, 1.165) is 18.9 Å². The number of hydrogen-bond acceptors (Lipinski definition) is 3. The average Bonchev–Trinajstić information content (AvgIpc) is 3.29. The number of hydrogen-bond donors (Lipinski definition) is 2. The first kappa shape index (κ1) is 13.9. The minimum absolute atomic E-state index is 0.423. The summed E-state index contributed by atoms with van der Waals surface area (Å²) in [5, 5.41) is 13.4. The van der Waals surface area contributed by atoms with Gasteiger partial charge in [0, 0.05) is 18.8 Å². The number of nitrogens with one attached hydrogen (secondary N) is 1. The quantitative estimate of drug-likeness (QED) is 0.804. The van der Waals surface area contributed by atoms with Crippen LogP contribution < -0.4 is 5.32 Å². The molecule has 0 saturated heterocycles. The number of rotatable bonds is 7. The van der Waals surface area contributed by atoms with Gasteiger partial charge in [0.15, 0.2) is 0 Å². The van der Waals surface area contributed by atoms with Gasteiger partial charge >= 0.3 is 0 Å². The van der Waals surface area contributed by atoms with Gasteiger partial charge in [-0.15, -0.1) is 0 Å². The van der Waals surface area contributed by atoms with Crippen LogP contribution in [-0.2, 0) is 17.6 Å². The lowest BCUT2D eigenvalue weighted by molar-refractivity contribution is 0.0386. The van der Waals surface area contributed by atoms with Gasteiger partial charge in [-0.2, -0.15) is 0 Å². The highest BCUT2D eigenvalue weighted by Gasteiger charge is 2.21. The lowest BCUT2D eigenvalue weighted by atomic mass is 9.90. The Labute approximate surface area is 121 Å². The molecular formula is C17H25NO2. The Morgan fingerprint density at radius 1 is 1.25 bits per heavy atom. The highest BCUT2D eigenvalue weighted by Crippen LogP contribution is 2.29. The zero-order valence-electron chi connectivity index (χ0n) is 12.1.